The zero-order valence-corrected chi connectivity index (χ0v) is 13.5. The van der Waals surface area contributed by atoms with Crippen LogP contribution in [-0.4, -0.2) is 24.6 Å². The normalized spacial score (nSPS) is 17.4. The fraction of sp³-hybridized carbons (Fsp3) is 0.588. The molecular formula is C17H24O4. The molecule has 0 aromatic carbocycles. The molecule has 1 aliphatic carbocycles. The molecule has 0 heterocycles. The van der Waals surface area contributed by atoms with Gasteiger partial charge in [-0.05, 0) is 46.0 Å². The van der Waals surface area contributed by atoms with Crippen LogP contribution in [0, 0.1) is 5.92 Å². The number of carbonyl (C=O) groups is 3. The molecule has 1 rings (SSSR count). The molecule has 1 aliphatic rings. The number of Topliss-reactive ketones (excluding diaryl/α,β-unsaturated/α-hetero) is 2. The van der Waals surface area contributed by atoms with Crippen molar-refractivity contribution in [3.63, 3.8) is 0 Å². The van der Waals surface area contributed by atoms with Crippen molar-refractivity contribution >= 4 is 17.5 Å². The maximum atomic E-state index is 12.3. The Labute approximate surface area is 126 Å². The van der Waals surface area contributed by atoms with Crippen LogP contribution in [0.15, 0.2) is 22.3 Å². The van der Waals surface area contributed by atoms with Crippen molar-refractivity contribution < 1.29 is 19.1 Å². The summed E-state index contributed by atoms with van der Waals surface area (Å²) in [5.74, 6) is 0.0595. The number of ketones is 2. The van der Waals surface area contributed by atoms with Crippen LogP contribution < -0.4 is 0 Å². The lowest BCUT2D eigenvalue weighted by Crippen LogP contribution is -2.21. The number of carbonyl (C=O) groups excluding carboxylic acids is 3. The third-order valence-electron chi connectivity index (χ3n) is 4.27. The van der Waals surface area contributed by atoms with E-state index in [2.05, 4.69) is 4.74 Å². The summed E-state index contributed by atoms with van der Waals surface area (Å²) in [6.07, 6.45) is 2.49. The largest absolute Gasteiger partial charge is 0.469 e. The molecule has 0 bridgehead atoms. The van der Waals surface area contributed by atoms with Crippen molar-refractivity contribution in [2.75, 3.05) is 7.11 Å². The first-order chi connectivity index (χ1) is 9.79. The van der Waals surface area contributed by atoms with Crippen molar-refractivity contribution in [2.24, 2.45) is 5.92 Å². The van der Waals surface area contributed by atoms with Crippen LogP contribution in [0.5, 0.6) is 0 Å². The average molecular weight is 292 g/mol. The van der Waals surface area contributed by atoms with Gasteiger partial charge in [0.25, 0.3) is 0 Å². The van der Waals surface area contributed by atoms with Crippen LogP contribution in [0.3, 0.4) is 0 Å². The molecule has 0 fully saturated rings. The number of methoxy groups -OCH3 is 1. The molecule has 116 valence electrons. The van der Waals surface area contributed by atoms with Crippen LogP contribution >= 0.6 is 0 Å². The number of hydrogen-bond acceptors (Lipinski definition) is 4. The van der Waals surface area contributed by atoms with E-state index in [0.29, 0.717) is 41.1 Å². The Morgan fingerprint density at radius 3 is 2.14 bits per heavy atom. The van der Waals surface area contributed by atoms with Gasteiger partial charge in [-0.3, -0.25) is 14.4 Å². The molecule has 0 radical (unpaired) electrons. The van der Waals surface area contributed by atoms with E-state index in [-0.39, 0.29) is 17.5 Å². The van der Waals surface area contributed by atoms with Crippen LogP contribution in [0.1, 0.15) is 53.4 Å². The molecule has 1 unspecified atom stereocenters. The molecular weight excluding hydrogens is 268 g/mol. The summed E-state index contributed by atoms with van der Waals surface area (Å²) in [6.45, 7) is 7.18. The molecule has 4 heteroatoms. The number of allylic oxidation sites excluding steroid dienone is 4. The maximum absolute atomic E-state index is 12.3. The van der Waals surface area contributed by atoms with Gasteiger partial charge in [0.1, 0.15) is 0 Å². The monoisotopic (exact) mass is 292 g/mol. The van der Waals surface area contributed by atoms with Gasteiger partial charge in [0, 0.05) is 28.7 Å². The molecule has 4 nitrogen and oxygen atoms in total. The molecule has 21 heavy (non-hydrogen) atoms. The van der Waals surface area contributed by atoms with E-state index in [9.17, 15) is 14.4 Å². The summed E-state index contributed by atoms with van der Waals surface area (Å²) >= 11 is 0. The highest BCUT2D eigenvalue weighted by atomic mass is 16.5. The fourth-order valence-corrected chi connectivity index (χ4v) is 2.46. The first-order valence-electron chi connectivity index (χ1n) is 7.33. The third kappa shape index (κ3) is 4.13. The van der Waals surface area contributed by atoms with Crippen molar-refractivity contribution in [3.8, 4) is 0 Å². The second-order valence-electron chi connectivity index (χ2n) is 5.77. The van der Waals surface area contributed by atoms with Gasteiger partial charge in [-0.25, -0.2) is 0 Å². The Kier molecular flexibility index (Phi) is 6.06. The summed E-state index contributed by atoms with van der Waals surface area (Å²) < 4.78 is 4.62. The molecule has 0 aromatic heterocycles. The third-order valence-corrected chi connectivity index (χ3v) is 4.27. The Bertz CT molecular complexity index is 523. The summed E-state index contributed by atoms with van der Waals surface area (Å²) in [5.41, 5.74) is 2.32. The Morgan fingerprint density at radius 2 is 1.57 bits per heavy atom. The Balaban J connectivity index is 2.64. The van der Waals surface area contributed by atoms with Gasteiger partial charge >= 0.3 is 5.97 Å². The molecule has 0 amide bonds. The van der Waals surface area contributed by atoms with Gasteiger partial charge in [0.15, 0.2) is 11.6 Å². The minimum Gasteiger partial charge on any atom is -0.469 e. The van der Waals surface area contributed by atoms with Gasteiger partial charge in [0.2, 0.25) is 0 Å². The smallest absolute Gasteiger partial charge is 0.305 e. The second kappa shape index (κ2) is 7.34. The fourth-order valence-electron chi connectivity index (χ4n) is 2.46. The van der Waals surface area contributed by atoms with Crippen LogP contribution in [-0.2, 0) is 19.1 Å². The summed E-state index contributed by atoms with van der Waals surface area (Å²) in [5, 5.41) is 0. The molecule has 0 saturated heterocycles. The first kappa shape index (κ1) is 17.3. The second-order valence-corrected chi connectivity index (χ2v) is 5.77. The highest BCUT2D eigenvalue weighted by Crippen LogP contribution is 2.28. The van der Waals surface area contributed by atoms with Crippen molar-refractivity contribution in [1.29, 1.82) is 0 Å². The van der Waals surface area contributed by atoms with E-state index in [1.54, 1.807) is 20.8 Å². The minimum atomic E-state index is -0.212. The number of esters is 1. The highest BCUT2D eigenvalue weighted by molar-refractivity contribution is 6.24. The molecule has 0 saturated carbocycles. The lowest BCUT2D eigenvalue weighted by atomic mass is 9.83. The Morgan fingerprint density at radius 1 is 1.00 bits per heavy atom. The van der Waals surface area contributed by atoms with Gasteiger partial charge < -0.3 is 4.74 Å². The van der Waals surface area contributed by atoms with Crippen molar-refractivity contribution in [3.05, 3.63) is 22.3 Å². The van der Waals surface area contributed by atoms with Gasteiger partial charge in [-0.1, -0.05) is 6.92 Å². The zero-order chi connectivity index (χ0) is 16.2. The highest BCUT2D eigenvalue weighted by Gasteiger charge is 2.27. The lowest BCUT2D eigenvalue weighted by molar-refractivity contribution is -0.141. The molecule has 0 N–H and O–H groups in total. The first-order valence-corrected chi connectivity index (χ1v) is 7.33. The number of hydrogen-bond donors (Lipinski definition) is 0. The molecule has 0 aromatic rings. The summed E-state index contributed by atoms with van der Waals surface area (Å²) in [7, 11) is 1.38. The van der Waals surface area contributed by atoms with E-state index >= 15 is 0 Å². The zero-order valence-electron chi connectivity index (χ0n) is 13.5. The van der Waals surface area contributed by atoms with E-state index in [1.807, 2.05) is 6.92 Å². The SMILES string of the molecule is COC(=O)CCC(C)CCC1=C(C)C(=O)C(C)=C(C)C1=O. The predicted molar refractivity (Wildman–Crippen MR) is 80.7 cm³/mol. The van der Waals surface area contributed by atoms with Crippen molar-refractivity contribution in [2.45, 2.75) is 53.4 Å². The van der Waals surface area contributed by atoms with E-state index in [1.165, 1.54) is 7.11 Å². The maximum Gasteiger partial charge on any atom is 0.305 e. The summed E-state index contributed by atoms with van der Waals surface area (Å²) in [6, 6.07) is 0. The standard InChI is InChI=1S/C17H24O4/c1-10(7-9-15(18)21-5)6-8-14-13(4)16(19)11(2)12(3)17(14)20/h10H,6-9H2,1-5H3. The van der Waals surface area contributed by atoms with Crippen LogP contribution in [0.2, 0.25) is 0 Å². The number of ether oxygens (including phenoxy) is 1. The molecule has 1 atom stereocenters. The average Bonchev–Trinajstić information content (AvgIpc) is 2.48. The predicted octanol–water partition coefficient (Wildman–Crippen LogP) is 3.16. The van der Waals surface area contributed by atoms with E-state index in [0.717, 1.165) is 12.8 Å². The molecule has 0 spiro atoms. The lowest BCUT2D eigenvalue weighted by Gasteiger charge is -2.19. The van der Waals surface area contributed by atoms with E-state index in [4.69, 9.17) is 0 Å². The van der Waals surface area contributed by atoms with Gasteiger partial charge in [-0.15, -0.1) is 0 Å². The molecule has 0 aliphatic heterocycles. The topological polar surface area (TPSA) is 60.4 Å². The van der Waals surface area contributed by atoms with Crippen LogP contribution in [0.25, 0.3) is 0 Å². The van der Waals surface area contributed by atoms with Gasteiger partial charge in [-0.2, -0.15) is 0 Å². The summed E-state index contributed by atoms with van der Waals surface area (Å²) in [4.78, 5) is 35.4. The quantitative estimate of drug-likeness (QED) is 0.557. The van der Waals surface area contributed by atoms with Crippen LogP contribution in [0.4, 0.5) is 0 Å². The Hall–Kier alpha value is -1.71. The number of rotatable bonds is 6. The van der Waals surface area contributed by atoms with E-state index < -0.39 is 0 Å². The minimum absolute atomic E-state index is 0.00947. The van der Waals surface area contributed by atoms with Gasteiger partial charge in [0.05, 0.1) is 7.11 Å². The van der Waals surface area contributed by atoms with Crippen molar-refractivity contribution in [1.82, 2.24) is 0 Å².